The highest BCUT2D eigenvalue weighted by atomic mass is 19.1. The molecule has 1 fully saturated rings. The Labute approximate surface area is 213 Å². The summed E-state index contributed by atoms with van der Waals surface area (Å²) in [5.74, 6) is 0.188. The maximum atomic E-state index is 13.7. The van der Waals surface area contributed by atoms with E-state index in [0.29, 0.717) is 42.7 Å². The summed E-state index contributed by atoms with van der Waals surface area (Å²) in [6, 6.07) is 12.9. The molecule has 2 heterocycles. The average Bonchev–Trinajstić information content (AvgIpc) is 2.86. The van der Waals surface area contributed by atoms with Gasteiger partial charge in [0.05, 0.1) is 18.6 Å². The summed E-state index contributed by atoms with van der Waals surface area (Å²) < 4.78 is 19.0. The molecule has 2 aliphatic rings. The molecule has 0 bridgehead atoms. The minimum absolute atomic E-state index is 0.118. The summed E-state index contributed by atoms with van der Waals surface area (Å²) in [6.07, 6.45) is 2.14. The molecule has 2 aromatic rings. The normalized spacial score (nSPS) is 24.4. The van der Waals surface area contributed by atoms with E-state index < -0.39 is 12.0 Å². The van der Waals surface area contributed by atoms with Crippen molar-refractivity contribution in [3.05, 3.63) is 71.0 Å². The number of carbonyl (C=O) groups excluding carboxylic acids is 2. The minimum Gasteiger partial charge on any atom is -0.383 e. The Morgan fingerprint density at radius 3 is 2.44 bits per heavy atom. The molecule has 2 aliphatic heterocycles. The van der Waals surface area contributed by atoms with E-state index in [1.165, 1.54) is 18.6 Å². The lowest BCUT2D eigenvalue weighted by Crippen LogP contribution is -2.48. The van der Waals surface area contributed by atoms with Crippen LogP contribution in [-0.4, -0.2) is 68.1 Å². The van der Waals surface area contributed by atoms with Crippen LogP contribution in [0.15, 0.2) is 48.5 Å². The highest BCUT2D eigenvalue weighted by Gasteiger charge is 2.43. The van der Waals surface area contributed by atoms with Gasteiger partial charge in [-0.3, -0.25) is 9.59 Å². The predicted octanol–water partition coefficient (Wildman–Crippen LogP) is 4.24. The number of fused-ring (bicyclic) bond motifs is 1. The zero-order valence-corrected chi connectivity index (χ0v) is 21.6. The summed E-state index contributed by atoms with van der Waals surface area (Å²) in [5, 5.41) is 3.15. The van der Waals surface area contributed by atoms with Crippen molar-refractivity contribution in [2.45, 2.75) is 38.6 Å². The van der Waals surface area contributed by atoms with E-state index in [1.807, 2.05) is 18.2 Å². The van der Waals surface area contributed by atoms with E-state index in [4.69, 9.17) is 4.74 Å². The molecular formula is C29H38FN3O3. The van der Waals surface area contributed by atoms with Gasteiger partial charge in [0.1, 0.15) is 5.82 Å². The van der Waals surface area contributed by atoms with Crippen LogP contribution in [0.25, 0.3) is 0 Å². The van der Waals surface area contributed by atoms with E-state index in [9.17, 15) is 14.0 Å². The number of nitrogens with one attached hydrogen (secondary N) is 1. The monoisotopic (exact) mass is 495 g/mol. The van der Waals surface area contributed by atoms with Gasteiger partial charge in [-0.1, -0.05) is 44.2 Å². The SMILES string of the molecule is COCCN1C(=O)c2ccccc2[C@H](C(=O)NCCCN2C[C@H](C)C[C@@H](C)C2)[C@@H]1c1ccc(F)cc1. The largest absolute Gasteiger partial charge is 0.383 e. The quantitative estimate of drug-likeness (QED) is 0.529. The molecule has 0 aromatic heterocycles. The van der Waals surface area contributed by atoms with Crippen molar-refractivity contribution in [2.24, 2.45) is 11.8 Å². The van der Waals surface area contributed by atoms with Gasteiger partial charge in [-0.2, -0.15) is 0 Å². The van der Waals surface area contributed by atoms with Crippen molar-refractivity contribution in [1.29, 1.82) is 0 Å². The number of carbonyl (C=O) groups is 2. The van der Waals surface area contributed by atoms with Crippen molar-refractivity contribution in [2.75, 3.05) is 46.4 Å². The van der Waals surface area contributed by atoms with Gasteiger partial charge in [-0.25, -0.2) is 4.39 Å². The highest BCUT2D eigenvalue weighted by molar-refractivity contribution is 6.01. The van der Waals surface area contributed by atoms with Crippen LogP contribution in [0, 0.1) is 17.7 Å². The van der Waals surface area contributed by atoms with E-state index in [2.05, 4.69) is 24.1 Å². The Morgan fingerprint density at radius 1 is 1.06 bits per heavy atom. The molecule has 0 radical (unpaired) electrons. The first-order valence-corrected chi connectivity index (χ1v) is 13.0. The Hall–Kier alpha value is -2.77. The number of halogens is 1. The first-order chi connectivity index (χ1) is 17.4. The number of methoxy groups -OCH3 is 1. The Bertz CT molecular complexity index is 1030. The molecule has 1 N–H and O–H groups in total. The van der Waals surface area contributed by atoms with Crippen LogP contribution in [0.3, 0.4) is 0 Å². The van der Waals surface area contributed by atoms with Crippen molar-refractivity contribution in [3.8, 4) is 0 Å². The van der Waals surface area contributed by atoms with Gasteiger partial charge in [0.15, 0.2) is 0 Å². The molecule has 4 rings (SSSR count). The molecule has 2 aromatic carbocycles. The molecule has 7 heteroatoms. The van der Waals surface area contributed by atoms with E-state index >= 15 is 0 Å². The van der Waals surface area contributed by atoms with Crippen molar-refractivity contribution in [1.82, 2.24) is 15.1 Å². The molecule has 2 amide bonds. The predicted molar refractivity (Wildman–Crippen MR) is 138 cm³/mol. The Morgan fingerprint density at radius 2 is 1.75 bits per heavy atom. The first-order valence-electron chi connectivity index (χ1n) is 13.0. The molecule has 4 atom stereocenters. The van der Waals surface area contributed by atoms with Crippen LogP contribution in [0.5, 0.6) is 0 Å². The smallest absolute Gasteiger partial charge is 0.254 e. The van der Waals surface area contributed by atoms with Gasteiger partial charge in [0.2, 0.25) is 5.91 Å². The zero-order valence-electron chi connectivity index (χ0n) is 21.6. The van der Waals surface area contributed by atoms with Crippen LogP contribution >= 0.6 is 0 Å². The van der Waals surface area contributed by atoms with Crippen LogP contribution < -0.4 is 5.32 Å². The number of rotatable bonds is 9. The Balaban J connectivity index is 1.55. The summed E-state index contributed by atoms with van der Waals surface area (Å²) in [4.78, 5) is 31.4. The maximum Gasteiger partial charge on any atom is 0.254 e. The number of piperidine rings is 1. The third kappa shape index (κ3) is 5.95. The van der Waals surface area contributed by atoms with E-state index in [-0.39, 0.29) is 17.6 Å². The minimum atomic E-state index is -0.601. The lowest BCUT2D eigenvalue weighted by Gasteiger charge is -2.41. The van der Waals surface area contributed by atoms with Crippen molar-refractivity contribution < 1.29 is 18.7 Å². The molecule has 194 valence electrons. The number of hydrogen-bond donors (Lipinski definition) is 1. The fourth-order valence-corrected chi connectivity index (χ4v) is 5.94. The van der Waals surface area contributed by atoms with Crippen LogP contribution in [0.4, 0.5) is 4.39 Å². The number of benzene rings is 2. The lowest BCUT2D eigenvalue weighted by molar-refractivity contribution is -0.124. The highest BCUT2D eigenvalue weighted by Crippen LogP contribution is 2.42. The standard InChI is InChI=1S/C29H38FN3O3/c1-20-17-21(2)19-32(18-20)14-6-13-31-28(34)26-24-7-4-5-8-25(24)29(35)33(15-16-36-3)27(26)22-9-11-23(30)12-10-22/h4-5,7-12,20-21,26-27H,6,13-19H2,1-3H3,(H,31,34)/t20-,21-,26+,27+/m1/s1. The molecular weight excluding hydrogens is 457 g/mol. The van der Waals surface area contributed by atoms with Crippen molar-refractivity contribution >= 4 is 11.8 Å². The van der Waals surface area contributed by atoms with Crippen LogP contribution in [-0.2, 0) is 9.53 Å². The van der Waals surface area contributed by atoms with Crippen LogP contribution in [0.2, 0.25) is 0 Å². The molecule has 0 aliphatic carbocycles. The second-order valence-electron chi connectivity index (χ2n) is 10.4. The van der Waals surface area contributed by atoms with Gasteiger partial charge in [0, 0.05) is 38.9 Å². The lowest BCUT2D eigenvalue weighted by atomic mass is 9.79. The fourth-order valence-electron chi connectivity index (χ4n) is 5.94. The second-order valence-corrected chi connectivity index (χ2v) is 10.4. The average molecular weight is 496 g/mol. The number of hydrogen-bond acceptors (Lipinski definition) is 4. The molecule has 0 spiro atoms. The number of likely N-dealkylation sites (tertiary alicyclic amines) is 1. The third-order valence-corrected chi connectivity index (χ3v) is 7.36. The van der Waals surface area contributed by atoms with Gasteiger partial charge in [-0.05, 0) is 60.5 Å². The molecule has 0 unspecified atom stereocenters. The number of nitrogens with zero attached hydrogens (tertiary/aromatic N) is 2. The number of amides is 2. The third-order valence-electron chi connectivity index (χ3n) is 7.36. The van der Waals surface area contributed by atoms with Gasteiger partial charge in [0.25, 0.3) is 5.91 Å². The summed E-state index contributed by atoms with van der Waals surface area (Å²) in [7, 11) is 1.59. The molecule has 0 saturated carbocycles. The summed E-state index contributed by atoms with van der Waals surface area (Å²) in [5.41, 5.74) is 1.97. The van der Waals surface area contributed by atoms with E-state index in [1.54, 1.807) is 30.2 Å². The van der Waals surface area contributed by atoms with Crippen LogP contribution in [0.1, 0.15) is 60.1 Å². The second kappa shape index (κ2) is 12.0. The number of ether oxygens (including phenoxy) is 1. The summed E-state index contributed by atoms with van der Waals surface area (Å²) >= 11 is 0. The molecule has 1 saturated heterocycles. The summed E-state index contributed by atoms with van der Waals surface area (Å²) in [6.45, 7) is 9.02. The maximum absolute atomic E-state index is 13.7. The van der Waals surface area contributed by atoms with Gasteiger partial charge in [-0.15, -0.1) is 0 Å². The zero-order chi connectivity index (χ0) is 25.7. The van der Waals surface area contributed by atoms with Crippen molar-refractivity contribution in [3.63, 3.8) is 0 Å². The fraction of sp³-hybridized carbons (Fsp3) is 0.517. The molecule has 6 nitrogen and oxygen atoms in total. The van der Waals surface area contributed by atoms with E-state index in [0.717, 1.165) is 31.6 Å². The van der Waals surface area contributed by atoms with Gasteiger partial charge >= 0.3 is 0 Å². The van der Waals surface area contributed by atoms with Gasteiger partial charge < -0.3 is 19.9 Å². The first kappa shape index (κ1) is 26.3. The topological polar surface area (TPSA) is 61.9 Å². The molecule has 36 heavy (non-hydrogen) atoms. The Kier molecular flexibility index (Phi) is 8.75.